The van der Waals surface area contributed by atoms with Crippen molar-refractivity contribution in [3.8, 4) is 11.6 Å². The Morgan fingerprint density at radius 1 is 0.912 bits per heavy atom. The molecule has 0 fully saturated rings. The number of para-hydroxylation sites is 2. The SMILES string of the molecule is CCc1ccnc(-n2c3[c-]c(Cc4ccc5cccc(O)c5n4)ccc3c3ccccc32)c1.[Pt]. The van der Waals surface area contributed by atoms with E-state index in [2.05, 4.69) is 66.1 Å². The number of nitrogens with zero attached hydrogens (tertiary/aromatic N) is 3. The summed E-state index contributed by atoms with van der Waals surface area (Å²) in [7, 11) is 0. The third-order valence-corrected chi connectivity index (χ3v) is 6.22. The van der Waals surface area contributed by atoms with Crippen molar-refractivity contribution >= 4 is 32.7 Å². The maximum atomic E-state index is 10.2. The standard InChI is InChI=1S/C29H22N3O.Pt/c1-2-19-14-15-30-28(18-19)32-25-8-4-3-7-23(25)24-13-10-20(17-26(24)32)16-22-12-11-21-6-5-9-27(33)29(21)31-22;/h3-15,18,33H,2,16H2,1H3;/q-1;. The van der Waals surface area contributed by atoms with E-state index >= 15 is 0 Å². The third kappa shape index (κ3) is 3.78. The topological polar surface area (TPSA) is 50.9 Å². The minimum atomic E-state index is 0. The van der Waals surface area contributed by atoms with Crippen molar-refractivity contribution in [2.24, 2.45) is 0 Å². The van der Waals surface area contributed by atoms with E-state index in [1.807, 2.05) is 30.5 Å². The van der Waals surface area contributed by atoms with Crippen LogP contribution in [0.3, 0.4) is 0 Å². The van der Waals surface area contributed by atoms with Crippen molar-refractivity contribution in [2.45, 2.75) is 19.8 Å². The second kappa shape index (κ2) is 9.04. The number of rotatable bonds is 4. The second-order valence-electron chi connectivity index (χ2n) is 8.30. The quantitative estimate of drug-likeness (QED) is 0.232. The van der Waals surface area contributed by atoms with E-state index < -0.39 is 0 Å². The molecule has 0 saturated heterocycles. The van der Waals surface area contributed by atoms with Crippen LogP contribution in [0.2, 0.25) is 0 Å². The van der Waals surface area contributed by atoms with Crippen LogP contribution >= 0.6 is 0 Å². The van der Waals surface area contributed by atoms with Crippen LogP contribution in [0.1, 0.15) is 23.7 Å². The first kappa shape index (κ1) is 22.3. The van der Waals surface area contributed by atoms with Crippen LogP contribution < -0.4 is 0 Å². The average molecular weight is 624 g/mol. The Morgan fingerprint density at radius 2 is 1.79 bits per heavy atom. The molecule has 0 aliphatic carbocycles. The summed E-state index contributed by atoms with van der Waals surface area (Å²) in [4.78, 5) is 9.40. The molecular formula is C29H22N3OPt-. The number of phenols is 1. The van der Waals surface area contributed by atoms with Gasteiger partial charge in [-0.15, -0.1) is 5.39 Å². The molecule has 6 rings (SSSR count). The van der Waals surface area contributed by atoms with Gasteiger partial charge in [0.2, 0.25) is 0 Å². The van der Waals surface area contributed by atoms with Crippen LogP contribution in [-0.2, 0) is 33.9 Å². The van der Waals surface area contributed by atoms with Gasteiger partial charge in [-0.2, -0.15) is 23.8 Å². The Hall–Kier alpha value is -3.49. The van der Waals surface area contributed by atoms with Gasteiger partial charge in [-0.05, 0) is 54.1 Å². The van der Waals surface area contributed by atoms with E-state index in [9.17, 15) is 5.11 Å². The fourth-order valence-electron chi connectivity index (χ4n) is 4.54. The van der Waals surface area contributed by atoms with Crippen molar-refractivity contribution in [2.75, 3.05) is 0 Å². The molecule has 5 heteroatoms. The average Bonchev–Trinajstić information content (AvgIpc) is 3.18. The van der Waals surface area contributed by atoms with Gasteiger partial charge < -0.3 is 9.67 Å². The Bertz CT molecular complexity index is 1650. The molecule has 0 amide bonds. The van der Waals surface area contributed by atoms with Gasteiger partial charge >= 0.3 is 0 Å². The molecular weight excluding hydrogens is 601 g/mol. The number of phenolic OH excluding ortho intramolecular Hbond substituents is 1. The molecule has 0 aliphatic rings. The monoisotopic (exact) mass is 623 g/mol. The van der Waals surface area contributed by atoms with Crippen molar-refractivity contribution in [3.05, 3.63) is 108 Å². The van der Waals surface area contributed by atoms with Crippen LogP contribution in [-0.4, -0.2) is 19.6 Å². The maximum absolute atomic E-state index is 10.2. The van der Waals surface area contributed by atoms with Gasteiger partial charge in [0.15, 0.2) is 0 Å². The first-order chi connectivity index (χ1) is 16.2. The Balaban J connectivity index is 0.00000241. The van der Waals surface area contributed by atoms with E-state index in [0.717, 1.165) is 45.3 Å². The largest absolute Gasteiger partial charge is 0.506 e. The van der Waals surface area contributed by atoms with E-state index in [0.29, 0.717) is 11.9 Å². The summed E-state index contributed by atoms with van der Waals surface area (Å²) in [5, 5.41) is 13.5. The number of pyridine rings is 2. The first-order valence-electron chi connectivity index (χ1n) is 11.2. The Kier molecular flexibility index (Phi) is 5.93. The van der Waals surface area contributed by atoms with Gasteiger partial charge in [0.1, 0.15) is 17.1 Å². The van der Waals surface area contributed by atoms with E-state index in [1.165, 1.54) is 10.9 Å². The summed E-state index contributed by atoms with van der Waals surface area (Å²) in [6.45, 7) is 2.16. The van der Waals surface area contributed by atoms with E-state index in [1.54, 1.807) is 6.07 Å². The summed E-state index contributed by atoms with van der Waals surface area (Å²) in [5.74, 6) is 1.11. The normalized spacial score (nSPS) is 11.2. The molecule has 0 aliphatic heterocycles. The van der Waals surface area contributed by atoms with Gasteiger partial charge in [0, 0.05) is 43.9 Å². The molecule has 3 aromatic heterocycles. The summed E-state index contributed by atoms with van der Waals surface area (Å²) in [5.41, 5.74) is 5.95. The number of aromatic nitrogens is 3. The van der Waals surface area contributed by atoms with Gasteiger partial charge in [-0.25, -0.2) is 9.97 Å². The van der Waals surface area contributed by atoms with Gasteiger partial charge in [0.25, 0.3) is 0 Å². The van der Waals surface area contributed by atoms with Crippen LogP contribution in [0, 0.1) is 6.07 Å². The molecule has 0 atom stereocenters. The molecule has 1 N–H and O–H groups in total. The number of aromatic hydroxyl groups is 1. The third-order valence-electron chi connectivity index (χ3n) is 6.22. The molecule has 3 heterocycles. The molecule has 170 valence electrons. The summed E-state index contributed by atoms with van der Waals surface area (Å²) in [6.07, 6.45) is 3.47. The Morgan fingerprint density at radius 3 is 2.68 bits per heavy atom. The minimum Gasteiger partial charge on any atom is -0.506 e. The summed E-state index contributed by atoms with van der Waals surface area (Å²) >= 11 is 0. The molecule has 6 aromatic rings. The Labute approximate surface area is 212 Å². The number of benzene rings is 3. The number of hydrogen-bond acceptors (Lipinski definition) is 3. The van der Waals surface area contributed by atoms with E-state index in [4.69, 9.17) is 9.97 Å². The second-order valence-corrected chi connectivity index (χ2v) is 8.30. The first-order valence-corrected chi connectivity index (χ1v) is 11.2. The van der Waals surface area contributed by atoms with Gasteiger partial charge in [-0.1, -0.05) is 48.8 Å². The summed E-state index contributed by atoms with van der Waals surface area (Å²) < 4.78 is 2.20. The number of fused-ring (bicyclic) bond motifs is 4. The fraction of sp³-hybridized carbons (Fsp3) is 0.103. The van der Waals surface area contributed by atoms with E-state index in [-0.39, 0.29) is 26.8 Å². The van der Waals surface area contributed by atoms with Crippen molar-refractivity contribution in [3.63, 3.8) is 0 Å². The smallest absolute Gasteiger partial charge is 0.141 e. The maximum Gasteiger partial charge on any atom is 0.141 e. The number of aryl methyl sites for hydroxylation is 1. The van der Waals surface area contributed by atoms with Crippen molar-refractivity contribution < 1.29 is 26.2 Å². The van der Waals surface area contributed by atoms with Gasteiger partial charge in [-0.3, -0.25) is 0 Å². The number of hydrogen-bond donors (Lipinski definition) is 1. The molecule has 0 spiro atoms. The van der Waals surface area contributed by atoms with Crippen LogP contribution in [0.15, 0.2) is 85.1 Å². The zero-order valence-corrected chi connectivity index (χ0v) is 20.9. The zero-order chi connectivity index (χ0) is 22.4. The van der Waals surface area contributed by atoms with Crippen LogP contribution in [0.5, 0.6) is 5.75 Å². The van der Waals surface area contributed by atoms with Crippen LogP contribution in [0.25, 0.3) is 38.5 Å². The zero-order valence-electron chi connectivity index (χ0n) is 18.6. The summed E-state index contributed by atoms with van der Waals surface area (Å²) in [6, 6.07) is 30.1. The van der Waals surface area contributed by atoms with Gasteiger partial charge in [0.05, 0.1) is 0 Å². The molecule has 34 heavy (non-hydrogen) atoms. The molecule has 3 aromatic carbocycles. The predicted octanol–water partition coefficient (Wildman–Crippen LogP) is 6.38. The molecule has 0 radical (unpaired) electrons. The molecule has 0 bridgehead atoms. The van der Waals surface area contributed by atoms with Crippen molar-refractivity contribution in [1.82, 2.24) is 14.5 Å². The minimum absolute atomic E-state index is 0. The molecule has 0 unspecified atom stereocenters. The predicted molar refractivity (Wildman–Crippen MR) is 133 cm³/mol. The molecule has 0 saturated carbocycles. The fourth-order valence-corrected chi connectivity index (χ4v) is 4.54. The molecule has 4 nitrogen and oxygen atoms in total. The van der Waals surface area contributed by atoms with Crippen LogP contribution in [0.4, 0.5) is 0 Å². The van der Waals surface area contributed by atoms with Crippen molar-refractivity contribution in [1.29, 1.82) is 0 Å².